The van der Waals surface area contributed by atoms with Gasteiger partial charge in [-0.2, -0.15) is 0 Å². The predicted molar refractivity (Wildman–Crippen MR) is 153 cm³/mol. The van der Waals surface area contributed by atoms with Gasteiger partial charge >= 0.3 is 11.9 Å². The number of halogens is 4. The molecular weight excluding hydrogens is 852 g/mol. The quantitative estimate of drug-likeness (QED) is 0.176. The highest BCUT2D eigenvalue weighted by atomic mass is 127. The lowest BCUT2D eigenvalue weighted by Gasteiger charge is -2.09. The van der Waals surface area contributed by atoms with Gasteiger partial charge in [-0.3, -0.25) is 9.59 Å². The average molecular weight is 874 g/mol. The van der Waals surface area contributed by atoms with Crippen LogP contribution in [0, 0.1) is 21.2 Å². The Hall–Kier alpha value is 0.1000. The Morgan fingerprint density at radius 2 is 1.16 bits per heavy atom. The molecule has 0 aliphatic rings. The van der Waals surface area contributed by atoms with Gasteiger partial charge in [0.25, 0.3) is 0 Å². The van der Waals surface area contributed by atoms with Crippen molar-refractivity contribution in [2.24, 2.45) is 0 Å². The number of carbonyl (C=O) groups is 2. The second-order valence-corrected chi connectivity index (χ2v) is 11.5. The zero-order valence-electron chi connectivity index (χ0n) is 16.9. The molecule has 168 valence electrons. The highest BCUT2D eigenvalue weighted by molar-refractivity contribution is 14.1. The molecule has 0 heterocycles. The minimum absolute atomic E-state index is 0.227. The topological polar surface area (TPSA) is 72.8 Å². The summed E-state index contributed by atoms with van der Waals surface area (Å²) in [5, 5.41) is 9.79. The molecule has 0 saturated heterocycles. The minimum Gasteiger partial charge on any atom is -0.506 e. The van der Waals surface area contributed by atoms with Crippen molar-refractivity contribution in [3.63, 3.8) is 0 Å². The third kappa shape index (κ3) is 9.47. The van der Waals surface area contributed by atoms with Crippen LogP contribution < -0.4 is 0 Å². The summed E-state index contributed by atoms with van der Waals surface area (Å²) in [6.45, 7) is 2.55. The van der Waals surface area contributed by atoms with Crippen molar-refractivity contribution in [3.8, 4) is 5.75 Å². The summed E-state index contributed by atoms with van der Waals surface area (Å²) in [6, 6.07) is 7.93. The second-order valence-electron chi connectivity index (χ2n) is 6.89. The van der Waals surface area contributed by atoms with Crippen molar-refractivity contribution < 1.29 is 24.2 Å². The first-order valence-corrected chi connectivity index (χ1v) is 13.9. The lowest BCUT2D eigenvalue weighted by molar-refractivity contribution is -0.146. The number of benzene rings is 2. The summed E-state index contributed by atoms with van der Waals surface area (Å²) in [4.78, 5) is 23.8. The fraction of sp³-hybridized carbons (Fsp3) is 0.364. The fourth-order valence-electron chi connectivity index (χ4n) is 2.67. The molecule has 0 aromatic heterocycles. The maximum atomic E-state index is 11.9. The van der Waals surface area contributed by atoms with E-state index in [1.807, 2.05) is 12.1 Å². The summed E-state index contributed by atoms with van der Waals surface area (Å²) < 4.78 is 14.4. The summed E-state index contributed by atoms with van der Waals surface area (Å²) in [5.41, 5.74) is 3.37. The monoisotopic (exact) mass is 874 g/mol. The molecule has 0 atom stereocenters. The van der Waals surface area contributed by atoms with Crippen molar-refractivity contribution >= 4 is 102 Å². The number of hydrogen-bond donors (Lipinski definition) is 1. The van der Waals surface area contributed by atoms with E-state index in [4.69, 9.17) is 9.47 Å². The largest absolute Gasteiger partial charge is 0.506 e. The molecule has 0 radical (unpaired) electrons. The Balaban J connectivity index is 1.60. The van der Waals surface area contributed by atoms with Crippen molar-refractivity contribution in [2.45, 2.75) is 39.0 Å². The Kier molecular flexibility index (Phi) is 12.1. The number of esters is 2. The van der Waals surface area contributed by atoms with E-state index < -0.39 is 0 Å². The number of aryl methyl sites for hydroxylation is 2. The summed E-state index contributed by atoms with van der Waals surface area (Å²) in [6.07, 6.45) is 2.28. The van der Waals surface area contributed by atoms with E-state index in [1.165, 1.54) is 12.7 Å². The van der Waals surface area contributed by atoms with Crippen molar-refractivity contribution in [1.82, 2.24) is 0 Å². The first kappa shape index (κ1) is 27.3. The molecule has 0 aliphatic heterocycles. The molecule has 2 aromatic rings. The van der Waals surface area contributed by atoms with E-state index in [9.17, 15) is 14.7 Å². The lowest BCUT2D eigenvalue weighted by atomic mass is 10.1. The molecule has 2 rings (SSSR count). The molecule has 31 heavy (non-hydrogen) atoms. The number of hydrogen-bond acceptors (Lipinski definition) is 5. The third-order valence-electron chi connectivity index (χ3n) is 4.47. The van der Waals surface area contributed by atoms with Gasteiger partial charge in [0.15, 0.2) is 0 Å². The van der Waals surface area contributed by atoms with Gasteiger partial charge in [0.1, 0.15) is 5.75 Å². The van der Waals surface area contributed by atoms with Crippen LogP contribution in [0.2, 0.25) is 0 Å². The van der Waals surface area contributed by atoms with Crippen molar-refractivity contribution in [3.05, 3.63) is 55.2 Å². The highest BCUT2D eigenvalue weighted by Crippen LogP contribution is 2.28. The van der Waals surface area contributed by atoms with Gasteiger partial charge in [0.05, 0.1) is 20.4 Å². The Morgan fingerprint density at radius 3 is 1.58 bits per heavy atom. The minimum atomic E-state index is -0.284. The molecule has 0 bridgehead atoms. The second kappa shape index (κ2) is 13.7. The van der Waals surface area contributed by atoms with Crippen LogP contribution in [0.3, 0.4) is 0 Å². The van der Waals surface area contributed by atoms with Crippen LogP contribution in [-0.4, -0.2) is 30.3 Å². The smallest absolute Gasteiger partial charge is 0.306 e. The van der Waals surface area contributed by atoms with Crippen LogP contribution in [0.5, 0.6) is 5.75 Å². The first-order valence-electron chi connectivity index (χ1n) is 9.60. The third-order valence-corrected chi connectivity index (χ3v) is 8.35. The number of carbonyl (C=O) groups excluding carboxylic acids is 2. The number of phenolic OH excluding ortho intramolecular Hbond substituents is 1. The van der Waals surface area contributed by atoms with Crippen LogP contribution in [0.1, 0.15) is 36.0 Å². The number of aromatic hydroxyl groups is 1. The highest BCUT2D eigenvalue weighted by Gasteiger charge is 2.10. The van der Waals surface area contributed by atoms with E-state index in [0.717, 1.165) is 18.3 Å². The van der Waals surface area contributed by atoms with Gasteiger partial charge < -0.3 is 14.6 Å². The SMILES string of the molecule is Cc1c(I)cc(CCC(=O)OCCCOC(=O)CCc2cc(I)c(O)c(I)c2)cc1I. The summed E-state index contributed by atoms with van der Waals surface area (Å²) in [7, 11) is 0. The van der Waals surface area contributed by atoms with Gasteiger partial charge in [0, 0.05) is 26.4 Å². The Bertz CT molecular complexity index is 824. The first-order chi connectivity index (χ1) is 14.7. The van der Waals surface area contributed by atoms with Gasteiger partial charge in [-0.1, -0.05) is 0 Å². The Labute approximate surface area is 237 Å². The van der Waals surface area contributed by atoms with Crippen LogP contribution in [0.25, 0.3) is 0 Å². The zero-order chi connectivity index (χ0) is 23.0. The number of phenols is 1. The van der Waals surface area contributed by atoms with Crippen LogP contribution in [-0.2, 0) is 31.9 Å². The zero-order valence-corrected chi connectivity index (χ0v) is 25.5. The molecule has 0 aliphatic carbocycles. The van der Waals surface area contributed by atoms with Gasteiger partial charge in [-0.15, -0.1) is 0 Å². The normalized spacial score (nSPS) is 10.7. The average Bonchev–Trinajstić information content (AvgIpc) is 2.72. The van der Waals surface area contributed by atoms with Crippen LogP contribution in [0.15, 0.2) is 24.3 Å². The molecule has 0 fully saturated rings. The van der Waals surface area contributed by atoms with E-state index in [2.05, 4.69) is 109 Å². The van der Waals surface area contributed by atoms with Crippen molar-refractivity contribution in [1.29, 1.82) is 0 Å². The van der Waals surface area contributed by atoms with E-state index in [-0.39, 0.29) is 37.3 Å². The maximum Gasteiger partial charge on any atom is 0.306 e. The number of ether oxygens (including phenoxy) is 2. The Morgan fingerprint density at radius 1 is 0.774 bits per heavy atom. The molecule has 0 amide bonds. The molecular formula is C22H22I4O5. The number of rotatable bonds is 10. The summed E-state index contributed by atoms with van der Waals surface area (Å²) in [5.74, 6) is -0.258. The molecule has 0 spiro atoms. The lowest BCUT2D eigenvalue weighted by Crippen LogP contribution is -2.11. The maximum absolute atomic E-state index is 11.9. The van der Waals surface area contributed by atoms with E-state index in [0.29, 0.717) is 25.7 Å². The van der Waals surface area contributed by atoms with Gasteiger partial charge in [0.2, 0.25) is 0 Å². The fourth-order valence-corrected chi connectivity index (χ4v) is 6.47. The van der Waals surface area contributed by atoms with Gasteiger partial charge in [-0.25, -0.2) is 0 Å². The molecule has 0 unspecified atom stereocenters. The molecule has 9 heteroatoms. The summed E-state index contributed by atoms with van der Waals surface area (Å²) >= 11 is 8.76. The molecule has 2 aromatic carbocycles. The molecule has 0 saturated carbocycles. The van der Waals surface area contributed by atoms with E-state index in [1.54, 1.807) is 0 Å². The predicted octanol–water partition coefficient (Wildman–Crippen LogP) is 6.16. The molecule has 1 N–H and O–H groups in total. The van der Waals surface area contributed by atoms with Crippen molar-refractivity contribution in [2.75, 3.05) is 13.2 Å². The van der Waals surface area contributed by atoms with E-state index >= 15 is 0 Å². The van der Waals surface area contributed by atoms with Crippen LogP contribution in [0.4, 0.5) is 0 Å². The molecule has 5 nitrogen and oxygen atoms in total. The standard InChI is InChI=1S/C22H22I4O5/c1-13-16(23)9-14(10-17(13)24)3-5-20(27)30-7-2-8-31-21(28)6-4-15-11-18(25)22(29)19(26)12-15/h9-12,29H,2-8H2,1H3. The van der Waals surface area contributed by atoms with Gasteiger partial charge in [-0.05, 0) is 151 Å². The van der Waals surface area contributed by atoms with Crippen LogP contribution >= 0.6 is 90.4 Å².